The van der Waals surface area contributed by atoms with Crippen molar-refractivity contribution in [1.82, 2.24) is 29.6 Å². The summed E-state index contributed by atoms with van der Waals surface area (Å²) in [5, 5.41) is 6.33. The van der Waals surface area contributed by atoms with E-state index in [-0.39, 0.29) is 12.2 Å². The van der Waals surface area contributed by atoms with Gasteiger partial charge in [-0.15, -0.1) is 0 Å². The third kappa shape index (κ3) is 6.73. The van der Waals surface area contributed by atoms with Gasteiger partial charge >= 0.3 is 6.09 Å². The summed E-state index contributed by atoms with van der Waals surface area (Å²) >= 11 is 0. The number of aromatic nitrogens is 5. The fourth-order valence-electron chi connectivity index (χ4n) is 6.75. The molecular formula is C41H43N7O3. The Kier molecular flexibility index (Phi) is 9.16. The van der Waals surface area contributed by atoms with Crippen LogP contribution in [0.15, 0.2) is 116 Å². The van der Waals surface area contributed by atoms with E-state index in [1.807, 2.05) is 71.1 Å². The number of amides is 1. The molecule has 3 aromatic heterocycles. The number of carbonyl (C=O) groups excluding carboxylic acids is 1. The van der Waals surface area contributed by atoms with Gasteiger partial charge in [0.05, 0.1) is 23.5 Å². The van der Waals surface area contributed by atoms with Crippen LogP contribution in [0.25, 0.3) is 22.3 Å². The van der Waals surface area contributed by atoms with Crippen LogP contribution in [0.4, 0.5) is 10.6 Å². The van der Waals surface area contributed by atoms with Crippen molar-refractivity contribution in [3.8, 4) is 17.3 Å². The van der Waals surface area contributed by atoms with Gasteiger partial charge in [0.25, 0.3) is 0 Å². The Balaban J connectivity index is 1.39. The molecule has 1 aliphatic heterocycles. The van der Waals surface area contributed by atoms with Crippen molar-refractivity contribution >= 4 is 22.8 Å². The second-order valence-corrected chi connectivity index (χ2v) is 14.0. The van der Waals surface area contributed by atoms with Crippen molar-refractivity contribution in [2.45, 2.75) is 51.9 Å². The van der Waals surface area contributed by atoms with Crippen molar-refractivity contribution in [3.05, 3.63) is 132 Å². The number of carbonyl (C=O) groups is 1. The van der Waals surface area contributed by atoms with E-state index in [1.165, 1.54) is 0 Å². The molecule has 1 amide bonds. The van der Waals surface area contributed by atoms with Gasteiger partial charge < -0.3 is 19.3 Å². The maximum atomic E-state index is 12.7. The Bertz CT molecular complexity index is 2010. The van der Waals surface area contributed by atoms with Crippen LogP contribution >= 0.6 is 0 Å². The molecule has 1 fully saturated rings. The Hall–Kier alpha value is -5.77. The van der Waals surface area contributed by atoms with Crippen LogP contribution in [-0.4, -0.2) is 73.6 Å². The summed E-state index contributed by atoms with van der Waals surface area (Å²) in [4.78, 5) is 30.9. The van der Waals surface area contributed by atoms with Crippen LogP contribution in [0.3, 0.4) is 0 Å². The van der Waals surface area contributed by atoms with Gasteiger partial charge in [-0.3, -0.25) is 0 Å². The maximum absolute atomic E-state index is 12.7. The van der Waals surface area contributed by atoms with Crippen LogP contribution in [-0.2, 0) is 10.3 Å². The molecule has 6 aromatic rings. The Labute approximate surface area is 298 Å². The van der Waals surface area contributed by atoms with E-state index in [2.05, 4.69) is 87.4 Å². The van der Waals surface area contributed by atoms with E-state index < -0.39 is 11.1 Å². The minimum Gasteiger partial charge on any atom is -0.475 e. The van der Waals surface area contributed by atoms with Gasteiger partial charge in [0.1, 0.15) is 29.0 Å². The second kappa shape index (κ2) is 13.9. The zero-order chi connectivity index (χ0) is 35.6. The lowest BCUT2D eigenvalue weighted by Gasteiger charge is -2.37. The third-order valence-electron chi connectivity index (χ3n) is 8.94. The number of pyridine rings is 1. The number of nitrogens with zero attached hydrogens (tertiary/aromatic N) is 7. The number of piperazine rings is 1. The summed E-state index contributed by atoms with van der Waals surface area (Å²) in [6, 6.07) is 35.3. The standard InChI is InChI=1S/C41H43N7O3/c1-29(2)50-37-25-33-35(27-42-37)48(41(30-15-9-6-10-16-30,31-17-11-7-12-18-31)32-19-13-8-14-20-32)45-38(33)34-26-36(44-28-43-34)46-21-23-47(24-22-46)39(49)51-40(3,4)5/h6-20,25-29H,21-24H2,1-5H3. The van der Waals surface area contributed by atoms with E-state index >= 15 is 0 Å². The fraction of sp³-hybridized carbons (Fsp3) is 0.293. The molecule has 0 N–H and O–H groups in total. The molecule has 0 radical (unpaired) electrons. The Morgan fingerprint density at radius 1 is 0.745 bits per heavy atom. The number of hydrogen-bond donors (Lipinski definition) is 0. The van der Waals surface area contributed by atoms with Crippen LogP contribution in [0.1, 0.15) is 51.3 Å². The highest BCUT2D eigenvalue weighted by atomic mass is 16.6. The first-order valence-electron chi connectivity index (χ1n) is 17.4. The second-order valence-electron chi connectivity index (χ2n) is 14.0. The molecule has 3 aromatic carbocycles. The lowest BCUT2D eigenvalue weighted by atomic mass is 9.77. The topological polar surface area (TPSA) is 98.5 Å². The summed E-state index contributed by atoms with van der Waals surface area (Å²) in [7, 11) is 0. The van der Waals surface area contributed by atoms with Crippen LogP contribution in [0, 0.1) is 0 Å². The Morgan fingerprint density at radius 2 is 1.31 bits per heavy atom. The summed E-state index contributed by atoms with van der Waals surface area (Å²) < 4.78 is 13.8. The molecule has 0 spiro atoms. The van der Waals surface area contributed by atoms with Crippen molar-refractivity contribution in [1.29, 1.82) is 0 Å². The quantitative estimate of drug-likeness (QED) is 0.152. The monoisotopic (exact) mass is 681 g/mol. The maximum Gasteiger partial charge on any atom is 0.410 e. The molecule has 0 bridgehead atoms. The smallest absolute Gasteiger partial charge is 0.410 e. The number of hydrogen-bond acceptors (Lipinski definition) is 8. The average Bonchev–Trinajstić information content (AvgIpc) is 3.51. The summed E-state index contributed by atoms with van der Waals surface area (Å²) in [5.41, 5.74) is 3.91. The molecule has 260 valence electrons. The van der Waals surface area contributed by atoms with E-state index in [0.29, 0.717) is 43.4 Å². The predicted octanol–water partition coefficient (Wildman–Crippen LogP) is 7.57. The molecule has 0 atom stereocenters. The largest absolute Gasteiger partial charge is 0.475 e. The average molecular weight is 682 g/mol. The first kappa shape index (κ1) is 33.7. The highest BCUT2D eigenvalue weighted by molar-refractivity contribution is 5.93. The van der Waals surface area contributed by atoms with E-state index in [0.717, 1.165) is 33.4 Å². The number of benzene rings is 3. The lowest BCUT2D eigenvalue weighted by Crippen LogP contribution is -2.50. The van der Waals surface area contributed by atoms with Gasteiger partial charge in [-0.25, -0.2) is 24.4 Å². The highest BCUT2D eigenvalue weighted by Gasteiger charge is 2.41. The number of rotatable bonds is 8. The summed E-state index contributed by atoms with van der Waals surface area (Å²) in [5.74, 6) is 1.27. The molecule has 0 unspecified atom stereocenters. The molecule has 0 saturated carbocycles. The third-order valence-corrected chi connectivity index (χ3v) is 8.94. The van der Waals surface area contributed by atoms with Gasteiger partial charge in [-0.05, 0) is 51.3 Å². The summed E-state index contributed by atoms with van der Waals surface area (Å²) in [6.07, 6.45) is 3.08. The molecule has 10 nitrogen and oxygen atoms in total. The van der Waals surface area contributed by atoms with E-state index in [4.69, 9.17) is 24.5 Å². The van der Waals surface area contributed by atoms with Gasteiger partial charge in [0.15, 0.2) is 0 Å². The molecule has 4 heterocycles. The SMILES string of the molecule is CC(C)Oc1cc2c(-c3cc(N4CCN(C(=O)OC(C)(C)C)CC4)ncn3)nn(C(c3ccccc3)(c3ccccc3)c3ccccc3)c2cn1. The number of ether oxygens (including phenoxy) is 2. The van der Waals surface area contributed by atoms with Crippen LogP contribution in [0.2, 0.25) is 0 Å². The first-order valence-corrected chi connectivity index (χ1v) is 17.4. The molecule has 51 heavy (non-hydrogen) atoms. The van der Waals surface area contributed by atoms with Gasteiger partial charge in [-0.1, -0.05) is 91.0 Å². The Morgan fingerprint density at radius 3 is 1.84 bits per heavy atom. The van der Waals surface area contributed by atoms with Gasteiger partial charge in [-0.2, -0.15) is 5.10 Å². The molecule has 0 aliphatic carbocycles. The van der Waals surface area contributed by atoms with E-state index in [1.54, 1.807) is 11.2 Å². The van der Waals surface area contributed by atoms with E-state index in [9.17, 15) is 4.79 Å². The van der Waals surface area contributed by atoms with Crippen molar-refractivity contribution in [2.75, 3.05) is 31.1 Å². The molecule has 7 rings (SSSR count). The van der Waals surface area contributed by atoms with Crippen molar-refractivity contribution in [2.24, 2.45) is 0 Å². The van der Waals surface area contributed by atoms with Gasteiger partial charge in [0, 0.05) is 43.7 Å². The zero-order valence-electron chi connectivity index (χ0n) is 29.7. The number of anilines is 1. The van der Waals surface area contributed by atoms with Gasteiger partial charge in [0.2, 0.25) is 5.88 Å². The normalized spacial score (nSPS) is 13.8. The molecule has 10 heteroatoms. The zero-order valence-corrected chi connectivity index (χ0v) is 29.7. The minimum atomic E-state index is -0.865. The molecule has 1 aliphatic rings. The van der Waals surface area contributed by atoms with Crippen LogP contribution in [0.5, 0.6) is 5.88 Å². The molecular weight excluding hydrogens is 638 g/mol. The summed E-state index contributed by atoms with van der Waals surface area (Å²) in [6.45, 7) is 11.9. The highest BCUT2D eigenvalue weighted by Crippen LogP contribution is 2.44. The van der Waals surface area contributed by atoms with Crippen molar-refractivity contribution in [3.63, 3.8) is 0 Å². The lowest BCUT2D eigenvalue weighted by molar-refractivity contribution is 0.0240. The molecule has 1 saturated heterocycles. The minimum absolute atomic E-state index is 0.0597. The van der Waals surface area contributed by atoms with Crippen LogP contribution < -0.4 is 9.64 Å². The predicted molar refractivity (Wildman–Crippen MR) is 199 cm³/mol. The first-order chi connectivity index (χ1) is 24.6. The number of fused-ring (bicyclic) bond motifs is 1. The fourth-order valence-corrected chi connectivity index (χ4v) is 6.75. The van der Waals surface area contributed by atoms with Crippen molar-refractivity contribution < 1.29 is 14.3 Å².